The number of nitrogen functional groups attached to an aromatic ring is 1. The monoisotopic (exact) mass is 268 g/mol. The van der Waals surface area contributed by atoms with Gasteiger partial charge in [-0.25, -0.2) is 9.97 Å². The lowest BCUT2D eigenvalue weighted by Gasteiger charge is -2.09. The highest BCUT2D eigenvalue weighted by atomic mass is 19.4. The molecule has 0 saturated carbocycles. The Balaban J connectivity index is 2.60. The van der Waals surface area contributed by atoms with Crippen LogP contribution in [0.2, 0.25) is 0 Å². The molecule has 0 saturated heterocycles. The van der Waals surface area contributed by atoms with E-state index in [1.54, 1.807) is 6.07 Å². The topological polar surface area (TPSA) is 93.4 Å². The van der Waals surface area contributed by atoms with Crippen LogP contribution in [0.3, 0.4) is 0 Å². The molecular formula is C10H7F3N6. The maximum atomic E-state index is 12.6. The molecular weight excluding hydrogens is 261 g/mol. The standard InChI is InChI=1S/C10H7F3N6/c1-5-2-7(10(11,12)13)18-9(17-5)19-8(15)6(3-14)4-16-19/h2,4H,15H2,1H3. The summed E-state index contributed by atoms with van der Waals surface area (Å²) in [7, 11) is 0. The SMILES string of the molecule is Cc1cc(C(F)(F)F)nc(-n2ncc(C#N)c2N)n1. The summed E-state index contributed by atoms with van der Waals surface area (Å²) in [6.45, 7) is 1.39. The predicted octanol–water partition coefficient (Wildman–Crippen LogP) is 1.44. The smallest absolute Gasteiger partial charge is 0.382 e. The van der Waals surface area contributed by atoms with Crippen molar-refractivity contribution in [2.75, 3.05) is 5.73 Å². The van der Waals surface area contributed by atoms with Gasteiger partial charge in [0.15, 0.2) is 0 Å². The van der Waals surface area contributed by atoms with E-state index in [-0.39, 0.29) is 23.0 Å². The molecule has 0 radical (unpaired) electrons. The fourth-order valence-corrected chi connectivity index (χ4v) is 1.40. The highest BCUT2D eigenvalue weighted by Crippen LogP contribution is 2.28. The van der Waals surface area contributed by atoms with E-state index in [1.807, 2.05) is 0 Å². The minimum Gasteiger partial charge on any atom is -0.382 e. The van der Waals surface area contributed by atoms with Crippen molar-refractivity contribution in [3.63, 3.8) is 0 Å². The van der Waals surface area contributed by atoms with Crippen LogP contribution in [0.25, 0.3) is 5.95 Å². The Kier molecular flexibility index (Phi) is 2.86. The van der Waals surface area contributed by atoms with Crippen molar-refractivity contribution in [2.45, 2.75) is 13.1 Å². The predicted molar refractivity (Wildman–Crippen MR) is 58.0 cm³/mol. The van der Waals surface area contributed by atoms with Crippen molar-refractivity contribution in [2.24, 2.45) is 0 Å². The number of aryl methyl sites for hydroxylation is 1. The van der Waals surface area contributed by atoms with Crippen LogP contribution in [-0.4, -0.2) is 19.7 Å². The van der Waals surface area contributed by atoms with E-state index in [2.05, 4.69) is 15.1 Å². The van der Waals surface area contributed by atoms with Crippen LogP contribution in [0.4, 0.5) is 19.0 Å². The number of nitrogens with two attached hydrogens (primary N) is 1. The molecule has 9 heteroatoms. The number of anilines is 1. The Labute approximate surface area is 105 Å². The molecule has 19 heavy (non-hydrogen) atoms. The molecule has 0 atom stereocenters. The Morgan fingerprint density at radius 2 is 2.05 bits per heavy atom. The summed E-state index contributed by atoms with van der Waals surface area (Å²) in [4.78, 5) is 7.18. The first-order valence-corrected chi connectivity index (χ1v) is 5.00. The average molecular weight is 268 g/mol. The van der Waals surface area contributed by atoms with Gasteiger partial charge in [0.25, 0.3) is 5.95 Å². The molecule has 0 amide bonds. The molecule has 6 nitrogen and oxygen atoms in total. The summed E-state index contributed by atoms with van der Waals surface area (Å²) >= 11 is 0. The highest BCUT2D eigenvalue weighted by molar-refractivity contribution is 5.50. The average Bonchev–Trinajstić information content (AvgIpc) is 2.68. The summed E-state index contributed by atoms with van der Waals surface area (Å²) in [6.07, 6.45) is -3.46. The van der Waals surface area contributed by atoms with Crippen LogP contribution in [-0.2, 0) is 6.18 Å². The second-order valence-corrected chi connectivity index (χ2v) is 3.66. The number of rotatable bonds is 1. The number of alkyl halides is 3. The molecule has 0 aliphatic heterocycles. The van der Waals surface area contributed by atoms with Gasteiger partial charge in [0.05, 0.1) is 6.20 Å². The normalized spacial score (nSPS) is 11.3. The summed E-state index contributed by atoms with van der Waals surface area (Å²) in [5.74, 6) is -0.437. The Bertz CT molecular complexity index is 667. The molecule has 2 aromatic rings. The van der Waals surface area contributed by atoms with Crippen molar-refractivity contribution in [3.05, 3.63) is 29.2 Å². The summed E-state index contributed by atoms with van der Waals surface area (Å²) in [6, 6.07) is 2.57. The molecule has 98 valence electrons. The molecule has 0 bridgehead atoms. The van der Waals surface area contributed by atoms with Crippen molar-refractivity contribution < 1.29 is 13.2 Å². The fourth-order valence-electron chi connectivity index (χ4n) is 1.40. The van der Waals surface area contributed by atoms with E-state index in [0.717, 1.165) is 16.9 Å². The molecule has 2 heterocycles. The van der Waals surface area contributed by atoms with Crippen molar-refractivity contribution in [3.8, 4) is 12.0 Å². The van der Waals surface area contributed by atoms with Gasteiger partial charge >= 0.3 is 6.18 Å². The van der Waals surface area contributed by atoms with E-state index in [1.165, 1.54) is 6.92 Å². The number of hydrogen-bond acceptors (Lipinski definition) is 5. The van der Waals surface area contributed by atoms with E-state index >= 15 is 0 Å². The van der Waals surface area contributed by atoms with Crippen molar-refractivity contribution in [1.82, 2.24) is 19.7 Å². The number of nitriles is 1. The van der Waals surface area contributed by atoms with E-state index in [4.69, 9.17) is 11.0 Å². The molecule has 2 N–H and O–H groups in total. The molecule has 2 rings (SSSR count). The molecule has 0 aromatic carbocycles. The lowest BCUT2D eigenvalue weighted by molar-refractivity contribution is -0.141. The number of nitrogens with zero attached hydrogens (tertiary/aromatic N) is 5. The first-order chi connectivity index (χ1) is 8.82. The van der Waals surface area contributed by atoms with Crippen molar-refractivity contribution >= 4 is 5.82 Å². The van der Waals surface area contributed by atoms with Gasteiger partial charge in [0.1, 0.15) is 23.1 Å². The van der Waals surface area contributed by atoms with Gasteiger partial charge in [-0.1, -0.05) is 0 Å². The zero-order chi connectivity index (χ0) is 14.2. The van der Waals surface area contributed by atoms with E-state index < -0.39 is 11.9 Å². The highest BCUT2D eigenvalue weighted by Gasteiger charge is 2.33. The summed E-state index contributed by atoms with van der Waals surface area (Å²) in [5.41, 5.74) is 4.63. The molecule has 0 unspecified atom stereocenters. The first kappa shape index (κ1) is 12.8. The maximum Gasteiger partial charge on any atom is 0.433 e. The third-order valence-electron chi connectivity index (χ3n) is 2.25. The largest absolute Gasteiger partial charge is 0.433 e. The zero-order valence-electron chi connectivity index (χ0n) is 9.60. The van der Waals surface area contributed by atoms with Gasteiger partial charge in [-0.3, -0.25) is 0 Å². The molecule has 0 spiro atoms. The number of aromatic nitrogens is 4. The number of halogens is 3. The number of hydrogen-bond donors (Lipinski definition) is 1. The van der Waals surface area contributed by atoms with Crippen LogP contribution < -0.4 is 5.73 Å². The fraction of sp³-hybridized carbons (Fsp3) is 0.200. The minimum absolute atomic E-state index is 0.0404. The Hall–Kier alpha value is -2.63. The molecule has 2 aromatic heterocycles. The molecule has 0 aliphatic carbocycles. The Morgan fingerprint density at radius 1 is 1.37 bits per heavy atom. The van der Waals surface area contributed by atoms with Crippen LogP contribution in [0.15, 0.2) is 12.3 Å². The van der Waals surface area contributed by atoms with Crippen LogP contribution in [0.5, 0.6) is 0 Å². The minimum atomic E-state index is -4.59. The molecule has 0 fully saturated rings. The van der Waals surface area contributed by atoms with E-state index in [9.17, 15) is 13.2 Å². The van der Waals surface area contributed by atoms with Crippen molar-refractivity contribution in [1.29, 1.82) is 5.26 Å². The van der Waals surface area contributed by atoms with Gasteiger partial charge < -0.3 is 5.73 Å². The quantitative estimate of drug-likeness (QED) is 0.844. The zero-order valence-corrected chi connectivity index (χ0v) is 9.60. The van der Waals surface area contributed by atoms with Gasteiger partial charge in [-0.05, 0) is 13.0 Å². The Morgan fingerprint density at radius 3 is 2.58 bits per heavy atom. The maximum absolute atomic E-state index is 12.6. The van der Waals surface area contributed by atoms with Crippen LogP contribution >= 0.6 is 0 Å². The van der Waals surface area contributed by atoms with Crippen LogP contribution in [0, 0.1) is 18.3 Å². The molecule has 0 aliphatic rings. The second kappa shape index (κ2) is 4.24. The van der Waals surface area contributed by atoms with Gasteiger partial charge in [0, 0.05) is 5.69 Å². The lowest BCUT2D eigenvalue weighted by Crippen LogP contribution is -2.14. The summed E-state index contributed by atoms with van der Waals surface area (Å²) < 4.78 is 38.8. The van der Waals surface area contributed by atoms with Crippen LogP contribution in [0.1, 0.15) is 17.0 Å². The third-order valence-corrected chi connectivity index (χ3v) is 2.25. The summed E-state index contributed by atoms with van der Waals surface area (Å²) in [5, 5.41) is 12.4. The lowest BCUT2D eigenvalue weighted by atomic mass is 10.3. The third kappa shape index (κ3) is 2.33. The van der Waals surface area contributed by atoms with Gasteiger partial charge in [-0.15, -0.1) is 0 Å². The second-order valence-electron chi connectivity index (χ2n) is 3.66. The first-order valence-electron chi connectivity index (χ1n) is 5.00. The van der Waals surface area contributed by atoms with E-state index in [0.29, 0.717) is 0 Å². The van der Waals surface area contributed by atoms with Gasteiger partial charge in [0.2, 0.25) is 0 Å². The van der Waals surface area contributed by atoms with Gasteiger partial charge in [-0.2, -0.15) is 28.2 Å².